The number of carbonyl (C=O) groups is 2. The zero-order chi connectivity index (χ0) is 25.0. The van der Waals surface area contributed by atoms with Gasteiger partial charge in [-0.25, -0.2) is 22.4 Å². The number of carboxylic acid groups (broad SMARTS) is 1. The summed E-state index contributed by atoms with van der Waals surface area (Å²) < 4.78 is 52.5. The molecule has 11 nitrogen and oxygen atoms in total. The van der Waals surface area contributed by atoms with Gasteiger partial charge in [-0.15, -0.1) is 0 Å². The van der Waals surface area contributed by atoms with Gasteiger partial charge in [0.1, 0.15) is 17.7 Å². The van der Waals surface area contributed by atoms with Gasteiger partial charge in [0.25, 0.3) is 10.0 Å². The van der Waals surface area contributed by atoms with Crippen LogP contribution < -0.4 is 25.0 Å². The van der Waals surface area contributed by atoms with Crippen molar-refractivity contribution in [3.8, 4) is 5.75 Å². The van der Waals surface area contributed by atoms with Crippen LogP contribution >= 0.6 is 0 Å². The van der Waals surface area contributed by atoms with Crippen molar-refractivity contribution in [2.24, 2.45) is 0 Å². The van der Waals surface area contributed by atoms with Crippen LogP contribution in [0.4, 0.5) is 25.4 Å². The summed E-state index contributed by atoms with van der Waals surface area (Å²) in [6.07, 6.45) is -0.641. The second-order valence-corrected chi connectivity index (χ2v) is 9.95. The molecule has 0 saturated carbocycles. The molecule has 2 aliphatic rings. The highest BCUT2D eigenvalue weighted by Crippen LogP contribution is 2.39. The number of ether oxygens (including phenoxy) is 2. The van der Waals surface area contributed by atoms with E-state index in [-0.39, 0.29) is 41.2 Å². The molecule has 2 aromatic rings. The average Bonchev–Trinajstić information content (AvgIpc) is 2.83. The Morgan fingerprint density at radius 2 is 1.83 bits per heavy atom. The lowest BCUT2D eigenvalue weighted by Gasteiger charge is -2.36. The Labute approximate surface area is 201 Å². The van der Waals surface area contributed by atoms with E-state index in [1.165, 1.54) is 18.2 Å². The number of carbonyl (C=O) groups excluding carboxylic acids is 1. The van der Waals surface area contributed by atoms with Crippen LogP contribution in [0.1, 0.15) is 12.8 Å². The number of hydrogen-bond donors (Lipinski definition) is 4. The third-order valence-electron chi connectivity index (χ3n) is 5.59. The number of sulfonamides is 1. The van der Waals surface area contributed by atoms with Crippen LogP contribution in [0.25, 0.3) is 0 Å². The van der Waals surface area contributed by atoms with Gasteiger partial charge < -0.3 is 25.2 Å². The van der Waals surface area contributed by atoms with Crippen molar-refractivity contribution in [3.05, 3.63) is 48.3 Å². The van der Waals surface area contributed by atoms with Crippen molar-refractivity contribution >= 4 is 33.5 Å². The topological polar surface area (TPSA) is 146 Å². The van der Waals surface area contributed by atoms with Crippen LogP contribution in [0.2, 0.25) is 0 Å². The number of anilines is 2. The Balaban J connectivity index is 1.55. The molecule has 1 unspecified atom stereocenters. The Morgan fingerprint density at radius 1 is 1.11 bits per heavy atom. The molecular weight excluding hydrogens is 483 g/mol. The molecule has 3 amide bonds. The van der Waals surface area contributed by atoms with E-state index in [1.807, 2.05) is 0 Å². The molecule has 0 aliphatic carbocycles. The molecule has 4 N–H and O–H groups in total. The van der Waals surface area contributed by atoms with Gasteiger partial charge in [0, 0.05) is 24.9 Å². The summed E-state index contributed by atoms with van der Waals surface area (Å²) in [5.74, 6) is -0.397. The van der Waals surface area contributed by atoms with E-state index in [2.05, 4.69) is 16.0 Å². The van der Waals surface area contributed by atoms with E-state index >= 15 is 0 Å². The van der Waals surface area contributed by atoms with Gasteiger partial charge in [-0.05, 0) is 55.3 Å². The van der Waals surface area contributed by atoms with Crippen LogP contribution in [-0.4, -0.2) is 64.1 Å². The molecular formula is C22H25FN4O7S. The fourth-order valence-electron chi connectivity index (χ4n) is 3.87. The number of benzene rings is 2. The molecule has 0 bridgehead atoms. The van der Waals surface area contributed by atoms with Crippen molar-refractivity contribution in [2.45, 2.75) is 29.9 Å². The number of nitrogens with one attached hydrogen (secondary N) is 3. The van der Waals surface area contributed by atoms with Crippen LogP contribution in [0, 0.1) is 5.82 Å². The molecule has 188 valence electrons. The number of amides is 3. The van der Waals surface area contributed by atoms with E-state index in [0.717, 1.165) is 28.6 Å². The van der Waals surface area contributed by atoms with E-state index in [4.69, 9.17) is 14.6 Å². The summed E-state index contributed by atoms with van der Waals surface area (Å²) in [5, 5.41) is 16.8. The third kappa shape index (κ3) is 5.92. The quantitative estimate of drug-likeness (QED) is 0.468. The highest BCUT2D eigenvalue weighted by Gasteiger charge is 2.35. The lowest BCUT2D eigenvalue weighted by Crippen LogP contribution is -2.51. The van der Waals surface area contributed by atoms with Crippen molar-refractivity contribution in [3.63, 3.8) is 0 Å². The van der Waals surface area contributed by atoms with Crippen LogP contribution in [0.5, 0.6) is 5.75 Å². The molecule has 1 saturated heterocycles. The van der Waals surface area contributed by atoms with Gasteiger partial charge in [-0.1, -0.05) is 0 Å². The Morgan fingerprint density at radius 3 is 2.51 bits per heavy atom. The van der Waals surface area contributed by atoms with Crippen molar-refractivity contribution < 1.29 is 37.0 Å². The Bertz CT molecular complexity index is 1190. The highest BCUT2D eigenvalue weighted by atomic mass is 32.2. The first-order valence-corrected chi connectivity index (χ1v) is 12.4. The first-order chi connectivity index (χ1) is 16.7. The van der Waals surface area contributed by atoms with Gasteiger partial charge in [-0.3, -0.25) is 9.62 Å². The molecule has 2 heterocycles. The fourth-order valence-corrected chi connectivity index (χ4v) is 5.36. The SMILES string of the molecule is O=C(O)Nc1ccc2c(c1)N(S(=O)(=O)c1ccc(F)cc1)CC(CNC(=O)NC1CCOCC1)O2. The second-order valence-electron chi connectivity index (χ2n) is 8.08. The largest absolute Gasteiger partial charge is 0.484 e. The molecule has 2 aliphatic heterocycles. The van der Waals surface area contributed by atoms with E-state index in [0.29, 0.717) is 26.1 Å². The maximum absolute atomic E-state index is 13.4. The molecule has 1 fully saturated rings. The summed E-state index contributed by atoms with van der Waals surface area (Å²) >= 11 is 0. The predicted molar refractivity (Wildman–Crippen MR) is 124 cm³/mol. The van der Waals surface area contributed by atoms with Gasteiger partial charge in [0.05, 0.1) is 23.7 Å². The van der Waals surface area contributed by atoms with Crippen molar-refractivity contribution in [1.29, 1.82) is 0 Å². The molecule has 1 atom stereocenters. The number of halogens is 1. The van der Waals surface area contributed by atoms with Crippen LogP contribution in [0.15, 0.2) is 47.4 Å². The van der Waals surface area contributed by atoms with Crippen LogP contribution in [-0.2, 0) is 14.8 Å². The first-order valence-electron chi connectivity index (χ1n) is 10.9. The zero-order valence-electron chi connectivity index (χ0n) is 18.6. The monoisotopic (exact) mass is 508 g/mol. The fraction of sp³-hybridized carbons (Fsp3) is 0.364. The molecule has 35 heavy (non-hydrogen) atoms. The number of hydrogen-bond acceptors (Lipinski definition) is 6. The van der Waals surface area contributed by atoms with Gasteiger partial charge >= 0.3 is 12.1 Å². The minimum atomic E-state index is -4.16. The van der Waals surface area contributed by atoms with Gasteiger partial charge in [0.2, 0.25) is 0 Å². The molecule has 0 aromatic heterocycles. The number of fused-ring (bicyclic) bond motifs is 1. The third-order valence-corrected chi connectivity index (χ3v) is 7.38. The molecule has 13 heteroatoms. The van der Waals surface area contributed by atoms with Crippen molar-refractivity contribution in [2.75, 3.05) is 35.9 Å². The van der Waals surface area contributed by atoms with Crippen LogP contribution in [0.3, 0.4) is 0 Å². The second kappa shape index (κ2) is 10.4. The number of nitrogens with zero attached hydrogens (tertiary/aromatic N) is 1. The zero-order valence-corrected chi connectivity index (χ0v) is 19.4. The molecule has 0 radical (unpaired) electrons. The summed E-state index contributed by atoms with van der Waals surface area (Å²) in [6.45, 7) is 0.991. The standard InChI is InChI=1S/C22H25FN4O7S/c23-14-1-4-18(5-2-14)35(31,32)27-13-17(12-24-21(28)25-15-7-9-33-10-8-15)34-20-6-3-16(11-19(20)27)26-22(29)30/h1-6,11,15,17,26H,7-10,12-13H2,(H,29,30)(H2,24,25,28). The number of urea groups is 1. The van der Waals surface area contributed by atoms with E-state index in [1.54, 1.807) is 0 Å². The summed E-state index contributed by atoms with van der Waals surface area (Å²) in [7, 11) is -4.16. The smallest absolute Gasteiger partial charge is 0.409 e. The molecule has 4 rings (SSSR count). The summed E-state index contributed by atoms with van der Waals surface area (Å²) in [6, 6.07) is 8.18. The summed E-state index contributed by atoms with van der Waals surface area (Å²) in [5.41, 5.74) is 0.259. The lowest BCUT2D eigenvalue weighted by molar-refractivity contribution is 0.0799. The minimum Gasteiger partial charge on any atom is -0.484 e. The van der Waals surface area contributed by atoms with E-state index < -0.39 is 34.1 Å². The predicted octanol–water partition coefficient (Wildman–Crippen LogP) is 2.35. The minimum absolute atomic E-state index is 0.00717. The first kappa shape index (κ1) is 24.5. The van der Waals surface area contributed by atoms with Crippen molar-refractivity contribution in [1.82, 2.24) is 10.6 Å². The van der Waals surface area contributed by atoms with Gasteiger partial charge in [-0.2, -0.15) is 0 Å². The van der Waals surface area contributed by atoms with Gasteiger partial charge in [0.15, 0.2) is 0 Å². The summed E-state index contributed by atoms with van der Waals surface area (Å²) in [4.78, 5) is 23.2. The highest BCUT2D eigenvalue weighted by molar-refractivity contribution is 7.92. The average molecular weight is 509 g/mol. The lowest BCUT2D eigenvalue weighted by atomic mass is 10.1. The number of rotatable bonds is 6. The maximum Gasteiger partial charge on any atom is 0.409 e. The maximum atomic E-state index is 13.4. The normalized spacial score (nSPS) is 18.2. The Kier molecular flexibility index (Phi) is 7.26. The molecule has 0 spiro atoms. The molecule has 2 aromatic carbocycles. The Hall–Kier alpha value is -3.58. The van der Waals surface area contributed by atoms with E-state index in [9.17, 15) is 22.4 Å².